The highest BCUT2D eigenvalue weighted by atomic mass is 79.9. The zero-order chi connectivity index (χ0) is 23.5. The molecule has 1 aliphatic heterocycles. The Morgan fingerprint density at radius 2 is 1.69 bits per heavy atom. The maximum atomic E-state index is 12.8. The lowest BCUT2D eigenvalue weighted by molar-refractivity contribution is -0.129. The normalized spacial score (nSPS) is 16.4. The van der Waals surface area contributed by atoms with E-state index in [2.05, 4.69) is 26.6 Å². The van der Waals surface area contributed by atoms with E-state index in [4.69, 9.17) is 0 Å². The van der Waals surface area contributed by atoms with Crippen LogP contribution in [0.25, 0.3) is 0 Å². The van der Waals surface area contributed by atoms with Crippen LogP contribution in [0, 0.1) is 19.8 Å². The first kappa shape index (κ1) is 24.4. The van der Waals surface area contributed by atoms with E-state index in [-0.39, 0.29) is 35.7 Å². The number of sulfonamides is 1. The van der Waals surface area contributed by atoms with Crippen molar-refractivity contribution in [1.82, 2.24) is 9.62 Å². The Balaban J connectivity index is 1.53. The van der Waals surface area contributed by atoms with Gasteiger partial charge in [-0.05, 0) is 69.5 Å². The van der Waals surface area contributed by atoms with E-state index in [9.17, 15) is 18.0 Å². The van der Waals surface area contributed by atoms with E-state index in [1.807, 2.05) is 26.0 Å². The maximum Gasteiger partial charge on any atom is 0.246 e. The molecule has 0 radical (unpaired) electrons. The van der Waals surface area contributed by atoms with E-state index < -0.39 is 16.1 Å². The predicted molar refractivity (Wildman–Crippen MR) is 128 cm³/mol. The molecule has 1 saturated heterocycles. The molecule has 2 N–H and O–H groups in total. The Morgan fingerprint density at radius 1 is 1.06 bits per heavy atom. The maximum absolute atomic E-state index is 12.8. The Labute approximate surface area is 197 Å². The second-order valence-corrected chi connectivity index (χ2v) is 11.0. The second-order valence-electron chi connectivity index (χ2n) is 8.17. The third-order valence-corrected chi connectivity index (χ3v) is 8.46. The summed E-state index contributed by atoms with van der Waals surface area (Å²) in [4.78, 5) is 25.4. The molecule has 1 aliphatic rings. The second kappa shape index (κ2) is 10.1. The highest BCUT2D eigenvalue weighted by molar-refractivity contribution is 9.10. The van der Waals surface area contributed by atoms with Crippen molar-refractivity contribution in [2.45, 2.75) is 44.6 Å². The van der Waals surface area contributed by atoms with Gasteiger partial charge in [-0.1, -0.05) is 33.6 Å². The molecule has 1 heterocycles. The Hall–Kier alpha value is -2.23. The highest BCUT2D eigenvalue weighted by Gasteiger charge is 2.32. The minimum absolute atomic E-state index is 0.230. The molecule has 0 spiro atoms. The quantitative estimate of drug-likeness (QED) is 0.606. The molecule has 172 valence electrons. The molecular formula is C23H28BrN3O4S. The van der Waals surface area contributed by atoms with Gasteiger partial charge in [0, 0.05) is 29.2 Å². The van der Waals surface area contributed by atoms with Crippen LogP contribution in [0.2, 0.25) is 0 Å². The van der Waals surface area contributed by atoms with Crippen molar-refractivity contribution in [1.29, 1.82) is 0 Å². The summed E-state index contributed by atoms with van der Waals surface area (Å²) >= 11 is 3.42. The van der Waals surface area contributed by atoms with Crippen LogP contribution in [0.4, 0.5) is 5.69 Å². The fourth-order valence-electron chi connectivity index (χ4n) is 3.59. The van der Waals surface area contributed by atoms with E-state index in [0.717, 1.165) is 15.6 Å². The number of halogens is 1. The van der Waals surface area contributed by atoms with Gasteiger partial charge in [-0.15, -0.1) is 0 Å². The van der Waals surface area contributed by atoms with Gasteiger partial charge in [0.2, 0.25) is 21.8 Å². The Bertz CT molecular complexity index is 1090. The van der Waals surface area contributed by atoms with Gasteiger partial charge in [0.25, 0.3) is 0 Å². The predicted octanol–water partition coefficient (Wildman–Crippen LogP) is 3.61. The molecule has 3 rings (SSSR count). The molecular weight excluding hydrogens is 494 g/mol. The highest BCUT2D eigenvalue weighted by Crippen LogP contribution is 2.24. The van der Waals surface area contributed by atoms with E-state index in [1.165, 1.54) is 4.31 Å². The van der Waals surface area contributed by atoms with E-state index in [1.54, 1.807) is 37.3 Å². The van der Waals surface area contributed by atoms with Crippen LogP contribution in [-0.4, -0.2) is 43.7 Å². The molecule has 0 aliphatic carbocycles. The molecule has 2 amide bonds. The molecule has 1 fully saturated rings. The average Bonchev–Trinajstić information content (AvgIpc) is 2.76. The third kappa shape index (κ3) is 5.76. The van der Waals surface area contributed by atoms with Gasteiger partial charge in [0.05, 0.1) is 4.90 Å². The van der Waals surface area contributed by atoms with Crippen molar-refractivity contribution in [3.05, 3.63) is 58.1 Å². The zero-order valence-corrected chi connectivity index (χ0v) is 20.8. The van der Waals surface area contributed by atoms with Gasteiger partial charge in [0.1, 0.15) is 6.04 Å². The third-order valence-electron chi connectivity index (χ3n) is 5.66. The summed E-state index contributed by atoms with van der Waals surface area (Å²) in [6.07, 6.45) is 0.828. The monoisotopic (exact) mass is 521 g/mol. The van der Waals surface area contributed by atoms with Gasteiger partial charge in [-0.2, -0.15) is 4.31 Å². The lowest BCUT2D eigenvalue weighted by atomic mass is 9.97. The van der Waals surface area contributed by atoms with Gasteiger partial charge in [-0.3, -0.25) is 9.59 Å². The number of benzene rings is 2. The molecule has 7 nitrogen and oxygen atoms in total. The number of rotatable bonds is 6. The lowest BCUT2D eigenvalue weighted by Crippen LogP contribution is -2.47. The number of hydrogen-bond acceptors (Lipinski definition) is 4. The first-order chi connectivity index (χ1) is 15.1. The van der Waals surface area contributed by atoms with Crippen LogP contribution in [-0.2, 0) is 19.6 Å². The number of hydrogen-bond donors (Lipinski definition) is 2. The number of amides is 2. The Morgan fingerprint density at radius 3 is 2.28 bits per heavy atom. The van der Waals surface area contributed by atoms with Crippen LogP contribution in [0.15, 0.2) is 51.8 Å². The Kier molecular flexibility index (Phi) is 7.74. The van der Waals surface area contributed by atoms with Crippen LogP contribution in [0.5, 0.6) is 0 Å². The summed E-state index contributed by atoms with van der Waals surface area (Å²) in [5.74, 6) is -0.865. The van der Waals surface area contributed by atoms with Crippen molar-refractivity contribution >= 4 is 43.5 Å². The van der Waals surface area contributed by atoms with Gasteiger partial charge in [-0.25, -0.2) is 8.42 Å². The fraction of sp³-hybridized carbons (Fsp3) is 0.391. The number of nitrogens with one attached hydrogen (secondary N) is 2. The molecule has 9 heteroatoms. The number of nitrogens with zero attached hydrogens (tertiary/aromatic N) is 1. The molecule has 0 aromatic heterocycles. The van der Waals surface area contributed by atoms with Crippen LogP contribution >= 0.6 is 15.9 Å². The van der Waals surface area contributed by atoms with Gasteiger partial charge < -0.3 is 10.6 Å². The van der Waals surface area contributed by atoms with Gasteiger partial charge >= 0.3 is 0 Å². The molecule has 2 aromatic rings. The fourth-order valence-corrected chi connectivity index (χ4v) is 5.30. The van der Waals surface area contributed by atoms with Crippen molar-refractivity contribution in [3.8, 4) is 0 Å². The van der Waals surface area contributed by atoms with E-state index in [0.29, 0.717) is 18.5 Å². The number of aryl methyl sites for hydroxylation is 2. The van der Waals surface area contributed by atoms with Crippen molar-refractivity contribution < 1.29 is 18.0 Å². The summed E-state index contributed by atoms with van der Waals surface area (Å²) in [7, 11) is -3.57. The number of anilines is 1. The van der Waals surface area contributed by atoms with Crippen molar-refractivity contribution in [2.75, 3.05) is 18.4 Å². The van der Waals surface area contributed by atoms with Gasteiger partial charge in [0.15, 0.2) is 0 Å². The first-order valence-electron chi connectivity index (χ1n) is 10.5. The number of piperidine rings is 1. The van der Waals surface area contributed by atoms with Crippen LogP contribution in [0.3, 0.4) is 0 Å². The number of carbonyl (C=O) groups excluding carboxylic acids is 2. The lowest BCUT2D eigenvalue weighted by Gasteiger charge is -2.31. The topological polar surface area (TPSA) is 95.6 Å². The zero-order valence-electron chi connectivity index (χ0n) is 18.4. The summed E-state index contributed by atoms with van der Waals surface area (Å²) in [6.45, 7) is 6.01. The molecule has 0 unspecified atom stereocenters. The smallest absolute Gasteiger partial charge is 0.246 e. The molecule has 32 heavy (non-hydrogen) atoms. The largest absolute Gasteiger partial charge is 0.344 e. The molecule has 0 saturated carbocycles. The minimum Gasteiger partial charge on any atom is -0.344 e. The van der Waals surface area contributed by atoms with Crippen LogP contribution in [0.1, 0.15) is 30.9 Å². The van der Waals surface area contributed by atoms with Crippen molar-refractivity contribution in [2.24, 2.45) is 5.92 Å². The minimum atomic E-state index is -3.57. The van der Waals surface area contributed by atoms with Crippen LogP contribution < -0.4 is 10.6 Å². The standard InChI is InChI=1S/C23H28BrN3O4S/c1-15-4-7-20(8-5-15)32(30,31)27-12-10-18(11-13-27)23(29)25-17(3)22(28)26-19-6-9-21(24)16(2)14-19/h4-9,14,17-18H,10-13H2,1-3H3,(H,25,29)(H,26,28)/t17-/m1/s1. The van der Waals surface area contributed by atoms with E-state index >= 15 is 0 Å². The molecule has 2 aromatic carbocycles. The summed E-state index contributed by atoms with van der Waals surface area (Å²) in [5, 5.41) is 5.56. The average molecular weight is 522 g/mol. The summed E-state index contributed by atoms with van der Waals surface area (Å²) in [6, 6.07) is 11.5. The SMILES string of the molecule is Cc1ccc(S(=O)(=O)N2CCC(C(=O)N[C@H](C)C(=O)Nc3ccc(Br)c(C)c3)CC2)cc1. The molecule has 0 bridgehead atoms. The number of carbonyl (C=O) groups is 2. The first-order valence-corrected chi connectivity index (χ1v) is 12.8. The summed E-state index contributed by atoms with van der Waals surface area (Å²) in [5.41, 5.74) is 2.64. The van der Waals surface area contributed by atoms with Crippen molar-refractivity contribution in [3.63, 3.8) is 0 Å². The molecule has 1 atom stereocenters. The summed E-state index contributed by atoms with van der Waals surface area (Å²) < 4.78 is 28.0.